The average molecular weight is 360 g/mol. The van der Waals surface area contributed by atoms with Crippen LogP contribution in [0.4, 0.5) is 4.39 Å². The minimum absolute atomic E-state index is 0.0110. The third-order valence-electron chi connectivity index (χ3n) is 4.54. The molecule has 2 aliphatic rings. The van der Waals surface area contributed by atoms with Crippen molar-refractivity contribution in [2.24, 2.45) is 0 Å². The van der Waals surface area contributed by atoms with Crippen LogP contribution in [0.3, 0.4) is 0 Å². The summed E-state index contributed by atoms with van der Waals surface area (Å²) in [5.74, 6) is -0.522. The van der Waals surface area contributed by atoms with Crippen molar-refractivity contribution in [2.75, 3.05) is 6.61 Å². The number of nitrogens with zero attached hydrogens (tertiary/aromatic N) is 2. The molecule has 0 saturated carbocycles. The first-order valence-corrected chi connectivity index (χ1v) is 8.24. The summed E-state index contributed by atoms with van der Waals surface area (Å²) in [6.45, 7) is 3.34. The standard InChI is InChI=1S/C18H17FN2O5/c1-9-3-5-11(6-4-9)17(23)24-8-12-14-13(19)16(25-12)21-7-10(2)15(22)20-18(21)26-14/h3-7,12-14,16H,8H2,1-2H3/t12-,13+,14-,16-/m1/s1. The summed E-state index contributed by atoms with van der Waals surface area (Å²) < 4.78 is 32.3. The van der Waals surface area contributed by atoms with Gasteiger partial charge in [0.2, 0.25) is 0 Å². The van der Waals surface area contributed by atoms with Gasteiger partial charge in [0, 0.05) is 11.8 Å². The van der Waals surface area contributed by atoms with Crippen molar-refractivity contribution in [1.29, 1.82) is 0 Å². The van der Waals surface area contributed by atoms with Crippen LogP contribution in [0.1, 0.15) is 27.7 Å². The summed E-state index contributed by atoms with van der Waals surface area (Å²) in [7, 11) is 0. The maximum absolute atomic E-state index is 14.6. The van der Waals surface area contributed by atoms with Crippen LogP contribution >= 0.6 is 0 Å². The molecule has 1 aromatic heterocycles. The van der Waals surface area contributed by atoms with E-state index < -0.39 is 36.1 Å². The van der Waals surface area contributed by atoms with Crippen molar-refractivity contribution >= 4 is 5.97 Å². The van der Waals surface area contributed by atoms with Crippen LogP contribution < -0.4 is 10.3 Å². The van der Waals surface area contributed by atoms with E-state index in [0.717, 1.165) is 5.56 Å². The molecule has 3 heterocycles. The Morgan fingerprint density at radius 3 is 2.77 bits per heavy atom. The fourth-order valence-corrected chi connectivity index (χ4v) is 3.07. The Bertz CT molecular complexity index is 911. The molecular weight excluding hydrogens is 343 g/mol. The van der Waals surface area contributed by atoms with Crippen molar-refractivity contribution in [1.82, 2.24) is 9.55 Å². The van der Waals surface area contributed by atoms with Crippen LogP contribution in [0, 0.1) is 13.8 Å². The first-order chi connectivity index (χ1) is 12.4. The fraction of sp³-hybridized carbons (Fsp3) is 0.389. The summed E-state index contributed by atoms with van der Waals surface area (Å²) >= 11 is 0. The van der Waals surface area contributed by atoms with E-state index in [-0.39, 0.29) is 12.6 Å². The number of esters is 1. The maximum Gasteiger partial charge on any atom is 0.338 e. The number of fused-ring (bicyclic) bond motifs is 4. The Morgan fingerprint density at radius 2 is 2.04 bits per heavy atom. The second kappa shape index (κ2) is 6.21. The summed E-state index contributed by atoms with van der Waals surface area (Å²) in [5.41, 5.74) is 1.36. The topological polar surface area (TPSA) is 79.7 Å². The molecule has 2 aliphatic heterocycles. The van der Waals surface area contributed by atoms with Crippen molar-refractivity contribution < 1.29 is 23.4 Å². The Labute approximate surface area is 148 Å². The van der Waals surface area contributed by atoms with Gasteiger partial charge in [-0.25, -0.2) is 9.18 Å². The quantitative estimate of drug-likeness (QED) is 0.776. The molecule has 0 spiro atoms. The number of ether oxygens (including phenoxy) is 3. The van der Waals surface area contributed by atoms with Crippen LogP contribution in [0.5, 0.6) is 6.01 Å². The SMILES string of the molecule is Cc1ccc(C(=O)OC[C@H]2O[C@@H]3[C@@H](F)[C@@H]2Oc2nc(=O)c(C)cn23)cc1. The second-order valence-corrected chi connectivity index (χ2v) is 6.48. The van der Waals surface area contributed by atoms with Crippen LogP contribution in [-0.4, -0.2) is 40.5 Å². The zero-order valence-corrected chi connectivity index (χ0v) is 14.2. The molecule has 8 heteroatoms. The van der Waals surface area contributed by atoms with Gasteiger partial charge in [0.25, 0.3) is 5.56 Å². The molecule has 4 rings (SSSR count). The lowest BCUT2D eigenvalue weighted by Gasteiger charge is -2.27. The molecule has 0 N–H and O–H groups in total. The Kier molecular flexibility index (Phi) is 3.99. The number of carbonyl (C=O) groups is 1. The number of carbonyl (C=O) groups excluding carboxylic acids is 1. The summed E-state index contributed by atoms with van der Waals surface area (Å²) in [5, 5.41) is 0. The van der Waals surface area contributed by atoms with Gasteiger partial charge in [-0.2, -0.15) is 4.98 Å². The van der Waals surface area contributed by atoms with E-state index in [1.807, 2.05) is 6.92 Å². The third-order valence-corrected chi connectivity index (χ3v) is 4.54. The molecule has 0 aliphatic carbocycles. The van der Waals surface area contributed by atoms with Crippen molar-refractivity contribution in [3.8, 4) is 6.01 Å². The normalized spacial score (nSPS) is 26.1. The summed E-state index contributed by atoms with van der Waals surface area (Å²) in [6, 6.07) is 6.94. The molecule has 0 radical (unpaired) electrons. The molecule has 136 valence electrons. The van der Waals surface area contributed by atoms with E-state index in [1.165, 1.54) is 10.8 Å². The molecule has 1 aromatic carbocycles. The molecule has 2 bridgehead atoms. The highest BCUT2D eigenvalue weighted by molar-refractivity contribution is 5.89. The third kappa shape index (κ3) is 2.76. The highest BCUT2D eigenvalue weighted by Gasteiger charge is 2.52. The van der Waals surface area contributed by atoms with Crippen molar-refractivity contribution in [3.63, 3.8) is 0 Å². The van der Waals surface area contributed by atoms with Crippen LogP contribution in [0.15, 0.2) is 35.3 Å². The fourth-order valence-electron chi connectivity index (χ4n) is 3.07. The van der Waals surface area contributed by atoms with Gasteiger partial charge in [0.05, 0.1) is 5.56 Å². The lowest BCUT2D eigenvalue weighted by atomic mass is 10.1. The smallest absolute Gasteiger partial charge is 0.338 e. The van der Waals surface area contributed by atoms with E-state index in [2.05, 4.69) is 4.98 Å². The molecule has 26 heavy (non-hydrogen) atoms. The van der Waals surface area contributed by atoms with Crippen LogP contribution in [0.2, 0.25) is 0 Å². The zero-order valence-electron chi connectivity index (χ0n) is 14.2. The van der Waals surface area contributed by atoms with Gasteiger partial charge in [-0.05, 0) is 26.0 Å². The number of hydrogen-bond donors (Lipinski definition) is 0. The summed E-state index contributed by atoms with van der Waals surface area (Å²) in [4.78, 5) is 27.6. The Morgan fingerprint density at radius 1 is 1.31 bits per heavy atom. The molecule has 2 aromatic rings. The lowest BCUT2D eigenvalue weighted by Crippen LogP contribution is -2.41. The Balaban J connectivity index is 1.48. The molecule has 0 unspecified atom stereocenters. The van der Waals surface area contributed by atoms with Crippen LogP contribution in [0.25, 0.3) is 0 Å². The predicted molar refractivity (Wildman–Crippen MR) is 87.9 cm³/mol. The van der Waals surface area contributed by atoms with E-state index in [1.54, 1.807) is 31.2 Å². The van der Waals surface area contributed by atoms with E-state index in [4.69, 9.17) is 14.2 Å². The number of rotatable bonds is 3. The number of benzene rings is 1. The van der Waals surface area contributed by atoms with Crippen molar-refractivity contribution in [3.05, 3.63) is 57.5 Å². The largest absolute Gasteiger partial charge is 0.459 e. The van der Waals surface area contributed by atoms with Gasteiger partial charge in [-0.3, -0.25) is 9.36 Å². The zero-order chi connectivity index (χ0) is 18.4. The van der Waals surface area contributed by atoms with Gasteiger partial charge >= 0.3 is 12.0 Å². The number of aromatic nitrogens is 2. The van der Waals surface area contributed by atoms with Gasteiger partial charge in [-0.1, -0.05) is 17.7 Å². The molecular formula is C18H17FN2O5. The highest BCUT2D eigenvalue weighted by atomic mass is 19.1. The predicted octanol–water partition coefficient (Wildman–Crippen LogP) is 1.71. The van der Waals surface area contributed by atoms with Crippen LogP contribution in [-0.2, 0) is 9.47 Å². The van der Waals surface area contributed by atoms with Gasteiger partial charge in [0.15, 0.2) is 18.5 Å². The maximum atomic E-state index is 14.6. The molecule has 1 saturated heterocycles. The highest BCUT2D eigenvalue weighted by Crippen LogP contribution is 2.40. The first kappa shape index (κ1) is 16.7. The number of halogens is 1. The van der Waals surface area contributed by atoms with Gasteiger partial charge in [-0.15, -0.1) is 0 Å². The first-order valence-electron chi connectivity index (χ1n) is 8.24. The number of hydrogen-bond acceptors (Lipinski definition) is 6. The minimum Gasteiger partial charge on any atom is -0.459 e. The van der Waals surface area contributed by atoms with Gasteiger partial charge in [0.1, 0.15) is 12.7 Å². The number of alkyl halides is 1. The molecule has 0 amide bonds. The Hall–Kier alpha value is -2.74. The van der Waals surface area contributed by atoms with Gasteiger partial charge < -0.3 is 14.2 Å². The minimum atomic E-state index is -1.45. The van der Waals surface area contributed by atoms with E-state index in [0.29, 0.717) is 11.1 Å². The second-order valence-electron chi connectivity index (χ2n) is 6.48. The van der Waals surface area contributed by atoms with Crippen molar-refractivity contribution in [2.45, 2.75) is 38.5 Å². The lowest BCUT2D eigenvalue weighted by molar-refractivity contribution is -0.0421. The molecule has 7 nitrogen and oxygen atoms in total. The molecule has 4 atom stereocenters. The monoisotopic (exact) mass is 360 g/mol. The van der Waals surface area contributed by atoms with E-state index in [9.17, 15) is 14.0 Å². The average Bonchev–Trinajstić information content (AvgIpc) is 2.82. The molecule has 1 fully saturated rings. The summed E-state index contributed by atoms with van der Waals surface area (Å²) in [6.07, 6.45) is -2.73. The number of aryl methyl sites for hydroxylation is 2. The van der Waals surface area contributed by atoms with E-state index >= 15 is 0 Å².